The first kappa shape index (κ1) is 19.2. The van der Waals surface area contributed by atoms with Crippen LogP contribution in [0.5, 0.6) is 0 Å². The average molecular weight is 358 g/mol. The van der Waals surface area contributed by atoms with Crippen molar-refractivity contribution >= 4 is 0 Å². The monoisotopic (exact) mass is 358 g/mol. The van der Waals surface area contributed by atoms with Gasteiger partial charge >= 0.3 is 12.4 Å². The van der Waals surface area contributed by atoms with Crippen LogP contribution >= 0.6 is 0 Å². The first-order chi connectivity index (χ1) is 11.3. The normalized spacial score (nSPS) is 12.9. The molecule has 0 aromatic heterocycles. The van der Waals surface area contributed by atoms with Gasteiger partial charge in [-0.2, -0.15) is 26.3 Å². The summed E-state index contributed by atoms with van der Waals surface area (Å²) in [7, 11) is 0. The molecular formula is C19H16F6. The van der Waals surface area contributed by atoms with Crippen molar-refractivity contribution in [3.63, 3.8) is 0 Å². The van der Waals surface area contributed by atoms with Crippen LogP contribution in [0.4, 0.5) is 26.3 Å². The fraction of sp³-hybridized carbons (Fsp3) is 0.368. The third-order valence-electron chi connectivity index (χ3n) is 4.53. The zero-order chi connectivity index (χ0) is 19.2. The highest BCUT2D eigenvalue weighted by Crippen LogP contribution is 2.56. The molecule has 0 saturated heterocycles. The van der Waals surface area contributed by atoms with Gasteiger partial charge in [0.25, 0.3) is 0 Å². The molecule has 0 radical (unpaired) electrons. The average Bonchev–Trinajstić information content (AvgIpc) is 2.44. The number of hydrogen-bond donors (Lipinski definition) is 0. The summed E-state index contributed by atoms with van der Waals surface area (Å²) in [6.45, 7) is 6.10. The summed E-state index contributed by atoms with van der Waals surface area (Å²) in [5.41, 5.74) is -4.34. The Kier molecular flexibility index (Phi) is 4.58. The van der Waals surface area contributed by atoms with E-state index < -0.39 is 28.9 Å². The van der Waals surface area contributed by atoms with Crippen LogP contribution in [0.1, 0.15) is 33.4 Å². The van der Waals surface area contributed by atoms with Crippen LogP contribution in [0.15, 0.2) is 24.3 Å². The maximum atomic E-state index is 14.0. The minimum atomic E-state index is -5.60. The Bertz CT molecular complexity index is 716. The number of halogens is 6. The lowest BCUT2D eigenvalue weighted by Gasteiger charge is -2.37. The largest absolute Gasteiger partial charge is 0.411 e. The van der Waals surface area contributed by atoms with E-state index in [2.05, 4.69) is 12.1 Å². The second kappa shape index (κ2) is 5.98. The smallest absolute Gasteiger partial charge is 0.169 e. The topological polar surface area (TPSA) is 0 Å². The fourth-order valence-electron chi connectivity index (χ4n) is 2.75. The van der Waals surface area contributed by atoms with Gasteiger partial charge in [-0.1, -0.05) is 30.3 Å². The zero-order valence-corrected chi connectivity index (χ0v) is 14.1. The Labute approximate surface area is 142 Å². The summed E-state index contributed by atoms with van der Waals surface area (Å²) < 4.78 is 83.7. The molecule has 0 aliphatic rings. The molecule has 2 aromatic carbocycles. The second-order valence-corrected chi connectivity index (χ2v) is 6.16. The lowest BCUT2D eigenvalue weighted by molar-refractivity contribution is -0.288. The Morgan fingerprint density at radius 1 is 0.680 bits per heavy atom. The lowest BCUT2D eigenvalue weighted by atomic mass is 9.72. The van der Waals surface area contributed by atoms with Crippen LogP contribution in [0.2, 0.25) is 0 Å². The van der Waals surface area contributed by atoms with Crippen LogP contribution < -0.4 is 0 Å². The number of aryl methyl sites for hydroxylation is 3. The first-order valence-corrected chi connectivity index (χ1v) is 7.45. The molecule has 0 saturated carbocycles. The number of alkyl halides is 6. The molecule has 6 heteroatoms. The van der Waals surface area contributed by atoms with Gasteiger partial charge in [0.1, 0.15) is 0 Å². The second-order valence-electron chi connectivity index (χ2n) is 6.16. The van der Waals surface area contributed by atoms with Gasteiger partial charge in [0.2, 0.25) is 5.41 Å². The molecule has 0 N–H and O–H groups in total. The molecule has 0 atom stereocenters. The van der Waals surface area contributed by atoms with Gasteiger partial charge in [0, 0.05) is 11.1 Å². The van der Waals surface area contributed by atoms with Crippen LogP contribution in [0.25, 0.3) is 0 Å². The number of hydrogen-bond acceptors (Lipinski definition) is 0. The van der Waals surface area contributed by atoms with Gasteiger partial charge in [-0.3, -0.25) is 0 Å². The highest BCUT2D eigenvalue weighted by Gasteiger charge is 2.73. The van der Waals surface area contributed by atoms with E-state index in [1.165, 1.54) is 19.9 Å². The van der Waals surface area contributed by atoms with E-state index in [1.54, 1.807) is 13.8 Å². The van der Waals surface area contributed by atoms with E-state index >= 15 is 0 Å². The van der Waals surface area contributed by atoms with Gasteiger partial charge in [-0.05, 0) is 56.0 Å². The summed E-state index contributed by atoms with van der Waals surface area (Å²) in [5.74, 6) is 0. The number of rotatable bonds is 2. The molecule has 2 aromatic rings. The summed E-state index contributed by atoms with van der Waals surface area (Å²) in [5, 5.41) is 0. The van der Waals surface area contributed by atoms with Gasteiger partial charge < -0.3 is 0 Å². The fourth-order valence-corrected chi connectivity index (χ4v) is 2.75. The van der Waals surface area contributed by atoms with E-state index in [1.807, 2.05) is 0 Å². The molecule has 0 amide bonds. The Morgan fingerprint density at radius 3 is 1.68 bits per heavy atom. The summed E-state index contributed by atoms with van der Waals surface area (Å²) in [4.78, 5) is 0. The molecule has 0 bridgehead atoms. The van der Waals surface area contributed by atoms with Crippen LogP contribution in [0, 0.1) is 39.8 Å². The van der Waals surface area contributed by atoms with Crippen molar-refractivity contribution in [3.8, 4) is 0 Å². The van der Waals surface area contributed by atoms with Crippen molar-refractivity contribution in [1.29, 1.82) is 0 Å². The van der Waals surface area contributed by atoms with Crippen LogP contribution in [0.3, 0.4) is 0 Å². The van der Waals surface area contributed by atoms with Crippen LogP contribution in [-0.2, 0) is 5.41 Å². The molecule has 0 aliphatic carbocycles. The number of benzene rings is 1. The molecule has 0 nitrogen and oxygen atoms in total. The third kappa shape index (κ3) is 2.97. The Morgan fingerprint density at radius 2 is 1.24 bits per heavy atom. The van der Waals surface area contributed by atoms with Gasteiger partial charge in [-0.15, -0.1) is 0 Å². The van der Waals surface area contributed by atoms with E-state index in [0.717, 1.165) is 18.2 Å². The van der Waals surface area contributed by atoms with E-state index in [4.69, 9.17) is 0 Å². The minimum absolute atomic E-state index is 0.287. The highest BCUT2D eigenvalue weighted by molar-refractivity contribution is 5.46. The van der Waals surface area contributed by atoms with Crippen molar-refractivity contribution in [2.75, 3.05) is 0 Å². The Hall–Kier alpha value is -2.16. The maximum absolute atomic E-state index is 14.0. The Balaban J connectivity index is 2.96. The van der Waals surface area contributed by atoms with Crippen molar-refractivity contribution < 1.29 is 26.3 Å². The molecule has 2 rings (SSSR count). The molecule has 134 valence electrons. The van der Waals surface area contributed by atoms with E-state index in [0.29, 0.717) is 16.7 Å². The molecule has 0 heterocycles. The quantitative estimate of drug-likeness (QED) is 0.584. The van der Waals surface area contributed by atoms with E-state index in [-0.39, 0.29) is 5.56 Å². The highest BCUT2D eigenvalue weighted by atomic mass is 19.4. The van der Waals surface area contributed by atoms with Crippen LogP contribution in [-0.4, -0.2) is 12.4 Å². The summed E-state index contributed by atoms with van der Waals surface area (Å²) in [6, 6.07) is 8.47. The van der Waals surface area contributed by atoms with Crippen molar-refractivity contribution in [2.45, 2.75) is 45.5 Å². The minimum Gasteiger partial charge on any atom is -0.169 e. The SMILES string of the molecule is Cc1c#cc(C(c2ccc(C)c(C)c2)(C(F)(F)F)C(F)(F)F)cc1C. The predicted molar refractivity (Wildman–Crippen MR) is 82.4 cm³/mol. The zero-order valence-electron chi connectivity index (χ0n) is 14.1. The first-order valence-electron chi connectivity index (χ1n) is 7.45. The van der Waals surface area contributed by atoms with Gasteiger partial charge in [0.05, 0.1) is 0 Å². The van der Waals surface area contributed by atoms with E-state index in [9.17, 15) is 26.3 Å². The summed E-state index contributed by atoms with van der Waals surface area (Å²) in [6.07, 6.45) is -11.2. The molecule has 0 aliphatic heterocycles. The van der Waals surface area contributed by atoms with Gasteiger partial charge in [0.15, 0.2) is 0 Å². The van der Waals surface area contributed by atoms with Crippen molar-refractivity contribution in [2.24, 2.45) is 0 Å². The molecule has 0 fully saturated rings. The molecule has 0 spiro atoms. The van der Waals surface area contributed by atoms with Gasteiger partial charge in [-0.25, -0.2) is 0 Å². The summed E-state index contributed by atoms with van der Waals surface area (Å²) >= 11 is 0. The van der Waals surface area contributed by atoms with Crippen molar-refractivity contribution in [3.05, 3.63) is 69.8 Å². The predicted octanol–water partition coefficient (Wildman–Crippen LogP) is 5.93. The molecule has 0 unspecified atom stereocenters. The van der Waals surface area contributed by atoms with Crippen molar-refractivity contribution in [1.82, 2.24) is 0 Å². The molecular weight excluding hydrogens is 342 g/mol. The third-order valence-corrected chi connectivity index (χ3v) is 4.53. The molecule has 25 heavy (non-hydrogen) atoms. The maximum Gasteiger partial charge on any atom is 0.411 e. The lowest BCUT2D eigenvalue weighted by Crippen LogP contribution is -2.54. The standard InChI is InChI=1S/C19H16F6/c1-11-5-7-15(9-13(11)3)17(18(20,21)22,19(23,24)25)16-8-6-12(2)14(4)10-16/h5,7,9-10H,1-4H3.